The van der Waals surface area contributed by atoms with Gasteiger partial charge in [-0.2, -0.15) is 0 Å². The first-order valence-corrected chi connectivity index (χ1v) is 8.07. The molecule has 0 saturated heterocycles. The van der Waals surface area contributed by atoms with E-state index in [4.69, 9.17) is 11.6 Å². The van der Waals surface area contributed by atoms with Gasteiger partial charge < -0.3 is 5.32 Å². The summed E-state index contributed by atoms with van der Waals surface area (Å²) in [5, 5.41) is 4.34. The van der Waals surface area contributed by atoms with Crippen LogP contribution < -0.4 is 5.32 Å². The van der Waals surface area contributed by atoms with Gasteiger partial charge in [0.05, 0.1) is 0 Å². The quantitative estimate of drug-likeness (QED) is 0.741. The molecule has 1 aliphatic rings. The molecule has 0 aromatic heterocycles. The monoisotopic (exact) mass is 349 g/mol. The van der Waals surface area contributed by atoms with Crippen LogP contribution >= 0.6 is 27.5 Å². The SMILES string of the molecule is Cc1cccc(C2CC(Nc3ccc(Cl)cc3Br)C2)c1. The molecule has 2 aromatic carbocycles. The number of halogens is 2. The minimum atomic E-state index is 0.554. The summed E-state index contributed by atoms with van der Waals surface area (Å²) in [7, 11) is 0. The van der Waals surface area contributed by atoms with Crippen molar-refractivity contribution in [3.05, 3.63) is 63.1 Å². The summed E-state index contributed by atoms with van der Waals surface area (Å²) in [5.41, 5.74) is 3.94. The molecule has 3 heteroatoms. The molecule has 0 amide bonds. The highest BCUT2D eigenvalue weighted by molar-refractivity contribution is 9.10. The molecule has 1 nitrogen and oxygen atoms in total. The van der Waals surface area contributed by atoms with Gasteiger partial charge in [-0.05, 0) is 65.4 Å². The molecule has 1 N–H and O–H groups in total. The first-order chi connectivity index (χ1) is 9.61. The van der Waals surface area contributed by atoms with Crippen molar-refractivity contribution in [2.45, 2.75) is 31.7 Å². The summed E-state index contributed by atoms with van der Waals surface area (Å²) in [4.78, 5) is 0. The fraction of sp³-hybridized carbons (Fsp3) is 0.294. The van der Waals surface area contributed by atoms with Crippen molar-refractivity contribution >= 4 is 33.2 Å². The van der Waals surface area contributed by atoms with Gasteiger partial charge >= 0.3 is 0 Å². The number of anilines is 1. The van der Waals surface area contributed by atoms with E-state index in [1.807, 2.05) is 18.2 Å². The molecule has 1 saturated carbocycles. The third-order valence-electron chi connectivity index (χ3n) is 3.94. The number of hydrogen-bond donors (Lipinski definition) is 1. The van der Waals surface area contributed by atoms with Crippen LogP contribution in [0, 0.1) is 6.92 Å². The van der Waals surface area contributed by atoms with Crippen molar-refractivity contribution in [3.8, 4) is 0 Å². The van der Waals surface area contributed by atoms with Crippen LogP contribution in [-0.2, 0) is 0 Å². The van der Waals surface area contributed by atoms with Crippen LogP contribution in [0.5, 0.6) is 0 Å². The predicted octanol–water partition coefficient (Wildman–Crippen LogP) is 5.77. The van der Waals surface area contributed by atoms with Gasteiger partial charge in [0.2, 0.25) is 0 Å². The van der Waals surface area contributed by atoms with Crippen molar-refractivity contribution < 1.29 is 0 Å². The highest BCUT2D eigenvalue weighted by atomic mass is 79.9. The topological polar surface area (TPSA) is 12.0 Å². The maximum atomic E-state index is 5.96. The van der Waals surface area contributed by atoms with Crippen LogP contribution in [0.3, 0.4) is 0 Å². The second-order valence-corrected chi connectivity index (χ2v) is 6.84. The summed E-state index contributed by atoms with van der Waals surface area (Å²) in [6.45, 7) is 2.16. The van der Waals surface area contributed by atoms with Crippen LogP contribution in [0.15, 0.2) is 46.9 Å². The Morgan fingerprint density at radius 2 is 1.95 bits per heavy atom. The van der Waals surface area contributed by atoms with Gasteiger partial charge in [-0.3, -0.25) is 0 Å². The zero-order valence-electron chi connectivity index (χ0n) is 11.4. The molecule has 20 heavy (non-hydrogen) atoms. The van der Waals surface area contributed by atoms with Crippen LogP contribution in [0.2, 0.25) is 5.02 Å². The molecule has 0 unspecified atom stereocenters. The summed E-state index contributed by atoms with van der Waals surface area (Å²) in [6, 6.07) is 15.3. The Bertz CT molecular complexity index is 620. The fourth-order valence-corrected chi connectivity index (χ4v) is 3.56. The minimum Gasteiger partial charge on any atom is -0.381 e. The van der Waals surface area contributed by atoms with Gasteiger partial charge in [-0.15, -0.1) is 0 Å². The van der Waals surface area contributed by atoms with Crippen molar-refractivity contribution in [1.82, 2.24) is 0 Å². The van der Waals surface area contributed by atoms with E-state index in [-0.39, 0.29) is 0 Å². The van der Waals surface area contributed by atoms with Crippen molar-refractivity contribution in [3.63, 3.8) is 0 Å². The third-order valence-corrected chi connectivity index (χ3v) is 4.83. The molecule has 2 aromatic rings. The molecule has 1 aliphatic carbocycles. The van der Waals surface area contributed by atoms with E-state index in [0.29, 0.717) is 12.0 Å². The van der Waals surface area contributed by atoms with E-state index >= 15 is 0 Å². The molecule has 0 spiro atoms. The van der Waals surface area contributed by atoms with Crippen LogP contribution in [-0.4, -0.2) is 6.04 Å². The lowest BCUT2D eigenvalue weighted by atomic mass is 9.75. The predicted molar refractivity (Wildman–Crippen MR) is 89.7 cm³/mol. The average molecular weight is 351 g/mol. The van der Waals surface area contributed by atoms with E-state index in [1.165, 1.54) is 24.0 Å². The zero-order chi connectivity index (χ0) is 14.1. The standard InChI is InChI=1S/C17H17BrClN/c1-11-3-2-4-12(7-11)13-8-15(9-13)20-17-6-5-14(19)10-16(17)18/h2-7,10,13,15,20H,8-9H2,1H3. The highest BCUT2D eigenvalue weighted by Crippen LogP contribution is 2.39. The third kappa shape index (κ3) is 3.02. The van der Waals surface area contributed by atoms with Gasteiger partial charge in [-0.25, -0.2) is 0 Å². The van der Waals surface area contributed by atoms with E-state index in [2.05, 4.69) is 52.4 Å². The van der Waals surface area contributed by atoms with Crippen LogP contribution in [0.4, 0.5) is 5.69 Å². The number of hydrogen-bond acceptors (Lipinski definition) is 1. The Hall–Kier alpha value is -0.990. The molecule has 3 rings (SSSR count). The van der Waals surface area contributed by atoms with Crippen LogP contribution in [0.1, 0.15) is 29.9 Å². The number of benzene rings is 2. The second-order valence-electron chi connectivity index (χ2n) is 5.55. The fourth-order valence-electron chi connectivity index (χ4n) is 2.76. The molecule has 0 heterocycles. The van der Waals surface area contributed by atoms with Gasteiger partial charge in [0, 0.05) is 21.2 Å². The molecule has 104 valence electrons. The van der Waals surface area contributed by atoms with Crippen LogP contribution in [0.25, 0.3) is 0 Å². The van der Waals surface area contributed by atoms with Gasteiger partial charge in [0.15, 0.2) is 0 Å². The van der Waals surface area contributed by atoms with E-state index in [1.54, 1.807) is 0 Å². The smallest absolute Gasteiger partial charge is 0.0487 e. The maximum Gasteiger partial charge on any atom is 0.0487 e. The Labute approximate surface area is 133 Å². The molecular formula is C17H17BrClN. The minimum absolute atomic E-state index is 0.554. The maximum absolute atomic E-state index is 5.96. The Balaban J connectivity index is 1.61. The number of aryl methyl sites for hydroxylation is 1. The van der Waals surface area contributed by atoms with E-state index in [9.17, 15) is 0 Å². The van der Waals surface area contributed by atoms with E-state index < -0.39 is 0 Å². The normalized spacial score (nSPS) is 21.4. The summed E-state index contributed by atoms with van der Waals surface area (Å²) in [5.74, 6) is 0.693. The number of nitrogens with one attached hydrogen (secondary N) is 1. The Kier molecular flexibility index (Phi) is 4.04. The molecule has 1 fully saturated rings. The molecule has 0 aliphatic heterocycles. The van der Waals surface area contributed by atoms with Crippen molar-refractivity contribution in [2.24, 2.45) is 0 Å². The molecule has 0 radical (unpaired) electrons. The number of rotatable bonds is 3. The van der Waals surface area contributed by atoms with Crippen molar-refractivity contribution in [1.29, 1.82) is 0 Å². The first-order valence-electron chi connectivity index (χ1n) is 6.90. The lowest BCUT2D eigenvalue weighted by Gasteiger charge is -2.37. The Morgan fingerprint density at radius 3 is 2.65 bits per heavy atom. The summed E-state index contributed by atoms with van der Waals surface area (Å²) >= 11 is 9.51. The second kappa shape index (κ2) is 5.79. The summed E-state index contributed by atoms with van der Waals surface area (Å²) < 4.78 is 1.03. The Morgan fingerprint density at radius 1 is 1.15 bits per heavy atom. The summed E-state index contributed by atoms with van der Waals surface area (Å²) in [6.07, 6.45) is 2.39. The average Bonchev–Trinajstić information content (AvgIpc) is 2.35. The largest absolute Gasteiger partial charge is 0.381 e. The van der Waals surface area contributed by atoms with Gasteiger partial charge in [0.25, 0.3) is 0 Å². The van der Waals surface area contributed by atoms with E-state index in [0.717, 1.165) is 15.2 Å². The molecule has 0 bridgehead atoms. The zero-order valence-corrected chi connectivity index (χ0v) is 13.7. The lowest BCUT2D eigenvalue weighted by molar-refractivity contribution is 0.374. The molecule has 0 atom stereocenters. The lowest BCUT2D eigenvalue weighted by Crippen LogP contribution is -2.34. The molecular weight excluding hydrogens is 334 g/mol. The van der Waals surface area contributed by atoms with Crippen molar-refractivity contribution in [2.75, 3.05) is 5.32 Å². The highest BCUT2D eigenvalue weighted by Gasteiger charge is 2.30. The van der Waals surface area contributed by atoms with Gasteiger partial charge in [0.1, 0.15) is 0 Å². The first kappa shape index (κ1) is 14.0. The van der Waals surface area contributed by atoms with Gasteiger partial charge in [-0.1, -0.05) is 41.4 Å².